The van der Waals surface area contributed by atoms with Gasteiger partial charge in [-0.3, -0.25) is 38.4 Å². The Bertz CT molecular complexity index is 2360. The number of aryl methyl sites for hydroxylation is 2. The van der Waals surface area contributed by atoms with Crippen LogP contribution >= 0.6 is 0 Å². The number of nitrogens with one attached hydrogen (secondary N) is 6. The Morgan fingerprint density at radius 2 is 0.846 bits per heavy atom. The van der Waals surface area contributed by atoms with Gasteiger partial charge >= 0.3 is 12.2 Å². The average molecular weight is 1080 g/mol. The lowest BCUT2D eigenvalue weighted by atomic mass is 10.1. The predicted molar refractivity (Wildman–Crippen MR) is 284 cm³/mol. The smallest absolute Gasteiger partial charge is 0.407 e. The topological polar surface area (TPSA) is 274 Å². The Balaban J connectivity index is 0.851. The Morgan fingerprint density at radius 1 is 0.500 bits per heavy atom. The Hall–Kier alpha value is -7.26. The second-order valence-electron chi connectivity index (χ2n) is 23.2. The average Bonchev–Trinajstić information content (AvgIpc) is 4.31. The van der Waals surface area contributed by atoms with Gasteiger partial charge in [-0.25, -0.2) is 9.59 Å². The fourth-order valence-corrected chi connectivity index (χ4v) is 9.65. The van der Waals surface area contributed by atoms with E-state index in [0.29, 0.717) is 12.8 Å². The van der Waals surface area contributed by atoms with Crippen LogP contribution in [0.5, 0.6) is 0 Å². The highest BCUT2D eigenvalue weighted by Gasteiger charge is 2.43. The summed E-state index contributed by atoms with van der Waals surface area (Å²) in [4.78, 5) is 138. The van der Waals surface area contributed by atoms with Crippen LogP contribution in [0, 0.1) is 0 Å². The maximum atomic E-state index is 13.7. The first-order valence-corrected chi connectivity index (χ1v) is 27.4. The molecule has 0 spiro atoms. The molecule has 7 rings (SSSR count). The number of likely N-dealkylation sites (tertiary alicyclic amines) is 2. The summed E-state index contributed by atoms with van der Waals surface area (Å²) >= 11 is 0. The van der Waals surface area contributed by atoms with E-state index in [4.69, 9.17) is 9.47 Å². The van der Waals surface area contributed by atoms with E-state index in [9.17, 15) is 47.9 Å². The molecule has 0 radical (unpaired) electrons. The maximum Gasteiger partial charge on any atom is 0.407 e. The SMILES string of the molecule is CC(C)(C)OC(=O)NCc1ccc(CCC(=O)N2CC(NC(=O)CN3CCC(=O)N(CC(=O)NC4CC(C(=O)NC5CC5)N(C(=O)CCc5ccc(CNC(=O)OC(C)(C)C)cc5)C4)CCC3=O)CC2C(=O)NC2CC2)cc1. The highest BCUT2D eigenvalue weighted by molar-refractivity contribution is 5.92. The van der Waals surface area contributed by atoms with Gasteiger partial charge in [0.2, 0.25) is 47.3 Å². The minimum atomic E-state index is -0.790. The normalized spacial score (nSPS) is 20.7. The lowest BCUT2D eigenvalue weighted by molar-refractivity contribution is -0.143. The molecule has 3 aliphatic heterocycles. The van der Waals surface area contributed by atoms with Gasteiger partial charge in [-0.15, -0.1) is 0 Å². The van der Waals surface area contributed by atoms with Crippen LogP contribution in [0.2, 0.25) is 0 Å². The molecule has 0 bridgehead atoms. The molecule has 22 heteroatoms. The molecule has 78 heavy (non-hydrogen) atoms. The van der Waals surface area contributed by atoms with Gasteiger partial charge in [0, 0.05) is 89.1 Å². The van der Waals surface area contributed by atoms with Gasteiger partial charge in [-0.05, 0) is 115 Å². The minimum Gasteiger partial charge on any atom is -0.444 e. The molecule has 22 nitrogen and oxygen atoms in total. The first-order chi connectivity index (χ1) is 36.9. The fraction of sp³-hybridized carbons (Fsp3) is 0.607. The summed E-state index contributed by atoms with van der Waals surface area (Å²) in [6.45, 7) is 10.7. The number of alkyl carbamates (subject to hydrolysis) is 2. The van der Waals surface area contributed by atoms with Gasteiger partial charge in [0.05, 0.1) is 13.1 Å². The highest BCUT2D eigenvalue weighted by Crippen LogP contribution is 2.26. The van der Waals surface area contributed by atoms with E-state index in [-0.39, 0.29) is 138 Å². The highest BCUT2D eigenvalue weighted by atomic mass is 16.6. The molecule has 6 N–H and O–H groups in total. The number of rotatable bonds is 20. The second-order valence-corrected chi connectivity index (χ2v) is 23.2. The van der Waals surface area contributed by atoms with Crippen LogP contribution < -0.4 is 31.9 Å². The number of amides is 10. The summed E-state index contributed by atoms with van der Waals surface area (Å²) in [5, 5.41) is 17.3. The van der Waals surface area contributed by atoms with E-state index in [1.807, 2.05) is 48.5 Å². The van der Waals surface area contributed by atoms with Crippen LogP contribution in [0.3, 0.4) is 0 Å². The van der Waals surface area contributed by atoms with Crippen LogP contribution in [0.4, 0.5) is 9.59 Å². The van der Waals surface area contributed by atoms with Crippen molar-refractivity contribution in [2.24, 2.45) is 0 Å². The number of carbonyl (C=O) groups excluding carboxylic acids is 10. The number of benzene rings is 2. The van der Waals surface area contributed by atoms with Crippen LogP contribution in [0.15, 0.2) is 48.5 Å². The van der Waals surface area contributed by atoms with Gasteiger partial charge in [0.25, 0.3) is 0 Å². The first-order valence-electron chi connectivity index (χ1n) is 27.4. The number of hydrogen-bond donors (Lipinski definition) is 6. The van der Waals surface area contributed by atoms with Crippen molar-refractivity contribution in [2.45, 2.75) is 179 Å². The summed E-state index contributed by atoms with van der Waals surface area (Å²) in [7, 11) is 0. The van der Waals surface area contributed by atoms with Crippen molar-refractivity contribution in [3.05, 3.63) is 70.8 Å². The molecule has 4 unspecified atom stereocenters. The third kappa shape index (κ3) is 18.5. The summed E-state index contributed by atoms with van der Waals surface area (Å²) in [6, 6.07) is 12.4. The van der Waals surface area contributed by atoms with Crippen molar-refractivity contribution in [1.29, 1.82) is 0 Å². The van der Waals surface area contributed by atoms with Gasteiger partial charge in [-0.2, -0.15) is 0 Å². The molecular formula is C56H78N10O12. The van der Waals surface area contributed by atoms with Crippen molar-refractivity contribution < 1.29 is 57.4 Å². The van der Waals surface area contributed by atoms with Crippen LogP contribution in [-0.2, 0) is 73.8 Å². The van der Waals surface area contributed by atoms with Crippen molar-refractivity contribution >= 4 is 59.4 Å². The molecule has 2 aromatic carbocycles. The molecule has 2 aliphatic carbocycles. The molecule has 5 fully saturated rings. The van der Waals surface area contributed by atoms with Crippen LogP contribution in [-0.4, -0.2) is 166 Å². The molecular weight excluding hydrogens is 1000 g/mol. The summed E-state index contributed by atoms with van der Waals surface area (Å²) in [5.74, 6) is -2.81. The zero-order valence-electron chi connectivity index (χ0n) is 45.9. The molecule has 2 aromatic rings. The third-order valence-corrected chi connectivity index (χ3v) is 14.0. The Kier molecular flexibility index (Phi) is 19.4. The van der Waals surface area contributed by atoms with E-state index in [2.05, 4.69) is 31.9 Å². The second kappa shape index (κ2) is 25.9. The van der Waals surface area contributed by atoms with Crippen molar-refractivity contribution in [3.8, 4) is 0 Å². The van der Waals surface area contributed by atoms with E-state index in [0.717, 1.165) is 47.9 Å². The molecule has 10 amide bonds. The Morgan fingerprint density at radius 3 is 1.18 bits per heavy atom. The lowest BCUT2D eigenvalue weighted by Gasteiger charge is -2.30. The van der Waals surface area contributed by atoms with E-state index in [1.165, 1.54) is 19.6 Å². The minimum absolute atomic E-state index is 0.0599. The molecule has 4 atom stereocenters. The number of hydrogen-bond acceptors (Lipinski definition) is 12. The third-order valence-electron chi connectivity index (χ3n) is 14.0. The van der Waals surface area contributed by atoms with Crippen molar-refractivity contribution in [2.75, 3.05) is 39.3 Å². The molecule has 2 saturated carbocycles. The largest absolute Gasteiger partial charge is 0.444 e. The number of carbonyl (C=O) groups is 10. The van der Waals surface area contributed by atoms with E-state index >= 15 is 0 Å². The summed E-state index contributed by atoms with van der Waals surface area (Å²) in [5.41, 5.74) is 2.27. The molecule has 3 saturated heterocycles. The van der Waals surface area contributed by atoms with Gasteiger partial charge in [0.15, 0.2) is 0 Å². The van der Waals surface area contributed by atoms with Gasteiger partial charge in [-0.1, -0.05) is 48.5 Å². The monoisotopic (exact) mass is 1080 g/mol. The summed E-state index contributed by atoms with van der Waals surface area (Å²) in [6.07, 6.45) is 3.55. The summed E-state index contributed by atoms with van der Waals surface area (Å²) < 4.78 is 10.6. The van der Waals surface area contributed by atoms with E-state index < -0.39 is 59.4 Å². The molecule has 3 heterocycles. The van der Waals surface area contributed by atoms with Crippen LogP contribution in [0.1, 0.15) is 128 Å². The molecule has 424 valence electrons. The maximum absolute atomic E-state index is 13.7. The molecule has 5 aliphatic rings. The lowest BCUT2D eigenvalue weighted by Crippen LogP contribution is -2.50. The van der Waals surface area contributed by atoms with Crippen LogP contribution in [0.25, 0.3) is 0 Å². The van der Waals surface area contributed by atoms with Gasteiger partial charge < -0.3 is 61.0 Å². The first kappa shape index (κ1) is 58.4. The standard InChI is InChI=1S/C56H78N10O12/c1-55(2,3)77-53(75)57-29-37-11-7-35(8-12-37)15-21-49(71)65-31-41(27-43(65)51(73)61-39-17-18-39)59-45(67)33-63-25-23-48(70)64(26-24-47(63)69)34-46(68)60-42-28-44(52(74)62-40-19-20-40)66(32-42)50(72)22-16-36-9-13-38(14-10-36)30-58-54(76)78-56(4,5)6/h7-14,39-44H,15-34H2,1-6H3,(H,57,75)(H,58,76)(H,59,67)(H,60,68)(H,61,73)(H,62,74). The van der Waals surface area contributed by atoms with Crippen molar-refractivity contribution in [1.82, 2.24) is 51.5 Å². The predicted octanol–water partition coefficient (Wildman–Crippen LogP) is 2.48. The van der Waals surface area contributed by atoms with E-state index in [1.54, 1.807) is 41.5 Å². The molecule has 0 aromatic heterocycles. The zero-order valence-corrected chi connectivity index (χ0v) is 45.9. The Labute approximate surface area is 456 Å². The quantitative estimate of drug-likeness (QED) is 0.112. The zero-order chi connectivity index (χ0) is 56.3. The number of nitrogens with zero attached hydrogens (tertiary/aromatic N) is 4. The van der Waals surface area contributed by atoms with Gasteiger partial charge in [0.1, 0.15) is 23.3 Å². The fourth-order valence-electron chi connectivity index (χ4n) is 9.65. The number of ether oxygens (including phenoxy) is 2. The van der Waals surface area contributed by atoms with Crippen molar-refractivity contribution in [3.63, 3.8) is 0 Å².